The lowest BCUT2D eigenvalue weighted by atomic mass is 10.1. The molecule has 7 nitrogen and oxygen atoms in total. The highest BCUT2D eigenvalue weighted by Gasteiger charge is 2.22. The van der Waals surface area contributed by atoms with Crippen LogP contribution < -0.4 is 0 Å². The molecule has 0 radical (unpaired) electrons. The SMILES string of the molecule is Cc1oc(-c2ccccc2)nc1C(=O)O[C@H](C)c1cccc([N+](=O)[O-])c1. The average molecular weight is 352 g/mol. The maximum Gasteiger partial charge on any atom is 0.361 e. The minimum Gasteiger partial charge on any atom is -0.453 e. The third-order valence-electron chi connectivity index (χ3n) is 3.84. The molecule has 0 saturated carbocycles. The van der Waals surface area contributed by atoms with Gasteiger partial charge in [-0.15, -0.1) is 0 Å². The number of benzene rings is 2. The van der Waals surface area contributed by atoms with E-state index in [0.717, 1.165) is 5.56 Å². The van der Waals surface area contributed by atoms with Crippen LogP contribution in [0, 0.1) is 17.0 Å². The van der Waals surface area contributed by atoms with E-state index in [4.69, 9.17) is 9.15 Å². The minimum absolute atomic E-state index is 0.0608. The van der Waals surface area contributed by atoms with Crippen LogP contribution in [0.25, 0.3) is 11.5 Å². The number of rotatable bonds is 5. The topological polar surface area (TPSA) is 95.5 Å². The first-order chi connectivity index (χ1) is 12.5. The van der Waals surface area contributed by atoms with Crippen LogP contribution in [-0.4, -0.2) is 15.9 Å². The average Bonchev–Trinajstić information content (AvgIpc) is 3.04. The Morgan fingerprint density at radius 1 is 1.19 bits per heavy atom. The van der Waals surface area contributed by atoms with Crippen LogP contribution in [0.1, 0.15) is 34.8 Å². The Kier molecular flexibility index (Phi) is 4.79. The summed E-state index contributed by atoms with van der Waals surface area (Å²) in [6.07, 6.45) is -0.668. The van der Waals surface area contributed by atoms with E-state index in [0.29, 0.717) is 17.2 Å². The predicted molar refractivity (Wildman–Crippen MR) is 93.6 cm³/mol. The summed E-state index contributed by atoms with van der Waals surface area (Å²) in [4.78, 5) is 27.0. The van der Waals surface area contributed by atoms with Crippen molar-refractivity contribution in [2.45, 2.75) is 20.0 Å². The number of hydrogen-bond donors (Lipinski definition) is 0. The van der Waals surface area contributed by atoms with Crippen LogP contribution in [-0.2, 0) is 4.74 Å². The number of nitro groups is 1. The summed E-state index contributed by atoms with van der Waals surface area (Å²) in [5.74, 6) is 0.0329. The molecule has 0 fully saturated rings. The Balaban J connectivity index is 1.79. The standard InChI is InChI=1S/C19H16N2O5/c1-12(15-9-6-10-16(11-15)21(23)24)26-19(22)17-13(2)25-18(20-17)14-7-4-3-5-8-14/h3-12H,1-2H3/t12-/m1/s1. The summed E-state index contributed by atoms with van der Waals surface area (Å²) in [6, 6.07) is 15.2. The summed E-state index contributed by atoms with van der Waals surface area (Å²) in [5, 5.41) is 10.9. The molecule has 0 unspecified atom stereocenters. The van der Waals surface area contributed by atoms with E-state index in [9.17, 15) is 14.9 Å². The van der Waals surface area contributed by atoms with Crippen molar-refractivity contribution in [3.05, 3.63) is 81.7 Å². The van der Waals surface area contributed by atoms with Gasteiger partial charge in [0.05, 0.1) is 4.92 Å². The number of oxazole rings is 1. The lowest BCUT2D eigenvalue weighted by Crippen LogP contribution is -2.11. The fourth-order valence-corrected chi connectivity index (χ4v) is 2.47. The molecule has 3 aromatic rings. The molecule has 0 amide bonds. The normalized spacial score (nSPS) is 11.8. The van der Waals surface area contributed by atoms with Gasteiger partial charge in [0.25, 0.3) is 5.69 Å². The lowest BCUT2D eigenvalue weighted by Gasteiger charge is -2.12. The maximum atomic E-state index is 12.4. The number of non-ortho nitro benzene ring substituents is 1. The van der Waals surface area contributed by atoms with Crippen molar-refractivity contribution in [2.24, 2.45) is 0 Å². The van der Waals surface area contributed by atoms with Crippen molar-refractivity contribution in [1.82, 2.24) is 4.98 Å². The molecule has 2 aromatic carbocycles. The van der Waals surface area contributed by atoms with Gasteiger partial charge >= 0.3 is 5.97 Å². The zero-order chi connectivity index (χ0) is 18.7. The van der Waals surface area contributed by atoms with Crippen LogP contribution in [0.4, 0.5) is 5.69 Å². The van der Waals surface area contributed by atoms with E-state index in [-0.39, 0.29) is 11.4 Å². The second-order valence-electron chi connectivity index (χ2n) is 5.69. The van der Waals surface area contributed by atoms with Crippen LogP contribution in [0.5, 0.6) is 0 Å². The zero-order valence-electron chi connectivity index (χ0n) is 14.2. The van der Waals surface area contributed by atoms with Gasteiger partial charge in [-0.3, -0.25) is 10.1 Å². The summed E-state index contributed by atoms with van der Waals surface area (Å²) in [5.41, 5.74) is 1.30. The van der Waals surface area contributed by atoms with Gasteiger partial charge in [0.2, 0.25) is 5.89 Å². The Morgan fingerprint density at radius 3 is 2.62 bits per heavy atom. The largest absolute Gasteiger partial charge is 0.453 e. The quantitative estimate of drug-likeness (QED) is 0.382. The Morgan fingerprint density at radius 2 is 1.92 bits per heavy atom. The second kappa shape index (κ2) is 7.18. The Labute approximate surface area is 149 Å². The molecule has 0 aliphatic carbocycles. The van der Waals surface area contributed by atoms with E-state index in [1.54, 1.807) is 26.0 Å². The van der Waals surface area contributed by atoms with Gasteiger partial charge in [0, 0.05) is 17.7 Å². The van der Waals surface area contributed by atoms with Crippen LogP contribution in [0.3, 0.4) is 0 Å². The molecule has 0 aliphatic rings. The first kappa shape index (κ1) is 17.3. The minimum atomic E-state index is -0.668. The van der Waals surface area contributed by atoms with Crippen LogP contribution in [0.2, 0.25) is 0 Å². The number of carbonyl (C=O) groups is 1. The van der Waals surface area contributed by atoms with Crippen molar-refractivity contribution >= 4 is 11.7 Å². The Hall–Kier alpha value is -3.48. The molecule has 0 saturated heterocycles. The van der Waals surface area contributed by atoms with Gasteiger partial charge in [0.1, 0.15) is 11.9 Å². The lowest BCUT2D eigenvalue weighted by molar-refractivity contribution is -0.385. The van der Waals surface area contributed by atoms with Gasteiger partial charge in [-0.25, -0.2) is 9.78 Å². The molecule has 0 aliphatic heterocycles. The van der Waals surface area contributed by atoms with Crippen molar-refractivity contribution in [2.75, 3.05) is 0 Å². The van der Waals surface area contributed by atoms with Gasteiger partial charge in [-0.2, -0.15) is 0 Å². The van der Waals surface area contributed by atoms with E-state index in [1.165, 1.54) is 12.1 Å². The third-order valence-corrected chi connectivity index (χ3v) is 3.84. The summed E-state index contributed by atoms with van der Waals surface area (Å²) < 4.78 is 11.0. The number of nitrogens with zero attached hydrogens (tertiary/aromatic N) is 2. The van der Waals surface area contributed by atoms with Crippen LogP contribution in [0.15, 0.2) is 59.0 Å². The second-order valence-corrected chi connectivity index (χ2v) is 5.69. The molecule has 1 aromatic heterocycles. The first-order valence-corrected chi connectivity index (χ1v) is 7.94. The molecule has 1 atom stereocenters. The molecule has 1 heterocycles. The number of aryl methyl sites for hydroxylation is 1. The molecule has 0 spiro atoms. The monoisotopic (exact) mass is 352 g/mol. The number of nitro benzene ring substituents is 1. The van der Waals surface area contributed by atoms with Gasteiger partial charge < -0.3 is 9.15 Å². The number of carbonyl (C=O) groups excluding carboxylic acids is 1. The molecule has 0 N–H and O–H groups in total. The molecule has 26 heavy (non-hydrogen) atoms. The highest BCUT2D eigenvalue weighted by Crippen LogP contribution is 2.25. The predicted octanol–water partition coefficient (Wildman–Crippen LogP) is 4.48. The van der Waals surface area contributed by atoms with Gasteiger partial charge in [-0.1, -0.05) is 30.3 Å². The van der Waals surface area contributed by atoms with E-state index in [2.05, 4.69) is 4.98 Å². The zero-order valence-corrected chi connectivity index (χ0v) is 14.2. The van der Waals surface area contributed by atoms with Gasteiger partial charge in [-0.05, 0) is 31.5 Å². The number of esters is 1. The van der Waals surface area contributed by atoms with E-state index >= 15 is 0 Å². The number of aromatic nitrogens is 1. The smallest absolute Gasteiger partial charge is 0.361 e. The van der Waals surface area contributed by atoms with Crippen molar-refractivity contribution in [1.29, 1.82) is 0 Å². The molecule has 7 heteroatoms. The first-order valence-electron chi connectivity index (χ1n) is 7.94. The number of hydrogen-bond acceptors (Lipinski definition) is 6. The molecule has 3 rings (SSSR count). The maximum absolute atomic E-state index is 12.4. The third kappa shape index (κ3) is 3.61. The molecule has 132 valence electrons. The van der Waals surface area contributed by atoms with Gasteiger partial charge in [0.15, 0.2) is 5.69 Å². The van der Waals surface area contributed by atoms with Crippen molar-refractivity contribution < 1.29 is 18.9 Å². The Bertz CT molecular complexity index is 950. The highest BCUT2D eigenvalue weighted by atomic mass is 16.6. The molecular weight excluding hydrogens is 336 g/mol. The van der Waals surface area contributed by atoms with E-state index in [1.807, 2.05) is 30.3 Å². The molecule has 0 bridgehead atoms. The number of ether oxygens (including phenoxy) is 1. The molecular formula is C19H16N2O5. The van der Waals surface area contributed by atoms with Crippen LogP contribution >= 0.6 is 0 Å². The highest BCUT2D eigenvalue weighted by molar-refractivity contribution is 5.89. The van der Waals surface area contributed by atoms with Crippen molar-refractivity contribution in [3.63, 3.8) is 0 Å². The summed E-state index contributed by atoms with van der Waals surface area (Å²) in [7, 11) is 0. The summed E-state index contributed by atoms with van der Waals surface area (Å²) >= 11 is 0. The van der Waals surface area contributed by atoms with Crippen molar-refractivity contribution in [3.8, 4) is 11.5 Å². The van der Waals surface area contributed by atoms with E-state index < -0.39 is 17.0 Å². The fourth-order valence-electron chi connectivity index (χ4n) is 2.47. The summed E-state index contributed by atoms with van der Waals surface area (Å²) in [6.45, 7) is 3.28. The fraction of sp³-hybridized carbons (Fsp3) is 0.158.